The van der Waals surface area contributed by atoms with Gasteiger partial charge in [0.25, 0.3) is 5.91 Å². The van der Waals surface area contributed by atoms with Crippen molar-refractivity contribution in [1.29, 1.82) is 0 Å². The molecule has 0 radical (unpaired) electrons. The molecule has 9 nitrogen and oxygen atoms in total. The van der Waals surface area contributed by atoms with E-state index in [1.807, 2.05) is 47.0 Å². The van der Waals surface area contributed by atoms with E-state index in [2.05, 4.69) is 15.5 Å². The van der Waals surface area contributed by atoms with E-state index in [9.17, 15) is 4.79 Å². The van der Waals surface area contributed by atoms with Gasteiger partial charge in [0.15, 0.2) is 17.3 Å². The van der Waals surface area contributed by atoms with Gasteiger partial charge in [0.2, 0.25) is 0 Å². The summed E-state index contributed by atoms with van der Waals surface area (Å²) in [6.45, 7) is 0.289. The predicted octanol–water partition coefficient (Wildman–Crippen LogP) is 3.41. The summed E-state index contributed by atoms with van der Waals surface area (Å²) in [4.78, 5) is 13.3. The molecule has 4 aromatic rings. The first-order chi connectivity index (χ1) is 16.2. The highest BCUT2D eigenvalue weighted by Crippen LogP contribution is 2.35. The Balaban J connectivity index is 1.49. The van der Waals surface area contributed by atoms with E-state index in [-0.39, 0.29) is 12.5 Å². The van der Waals surface area contributed by atoms with Crippen molar-refractivity contribution in [2.45, 2.75) is 25.4 Å². The number of benzene rings is 2. The SMILES string of the molecule is COc1ccc(-c2nn(-c3ccccc3)cc2C(=O)NCc2nncn2C2CC2)cc1OC. The Hall–Kier alpha value is -4.14. The summed E-state index contributed by atoms with van der Waals surface area (Å²) >= 11 is 0. The second-order valence-electron chi connectivity index (χ2n) is 7.81. The molecule has 1 N–H and O–H groups in total. The molecule has 0 atom stereocenters. The van der Waals surface area contributed by atoms with Gasteiger partial charge in [0, 0.05) is 17.8 Å². The van der Waals surface area contributed by atoms with E-state index in [1.54, 1.807) is 37.5 Å². The molecule has 2 aromatic carbocycles. The highest BCUT2D eigenvalue weighted by molar-refractivity contribution is 6.00. The number of nitrogens with one attached hydrogen (secondary N) is 1. The molecule has 2 aromatic heterocycles. The van der Waals surface area contributed by atoms with E-state index in [4.69, 9.17) is 14.6 Å². The zero-order valence-corrected chi connectivity index (χ0v) is 18.4. The minimum atomic E-state index is -0.243. The van der Waals surface area contributed by atoms with Gasteiger partial charge in [0.05, 0.1) is 32.0 Å². The molecule has 2 heterocycles. The number of hydrogen-bond acceptors (Lipinski definition) is 6. The van der Waals surface area contributed by atoms with Crippen LogP contribution in [0.2, 0.25) is 0 Å². The molecule has 1 amide bonds. The van der Waals surface area contributed by atoms with Crippen molar-refractivity contribution in [3.63, 3.8) is 0 Å². The number of para-hydroxylation sites is 1. The van der Waals surface area contributed by atoms with Crippen LogP contribution < -0.4 is 14.8 Å². The molecule has 5 rings (SSSR count). The normalized spacial score (nSPS) is 13.0. The third-order valence-electron chi connectivity index (χ3n) is 5.63. The number of ether oxygens (including phenoxy) is 2. The number of carbonyl (C=O) groups excluding carboxylic acids is 1. The van der Waals surface area contributed by atoms with Crippen LogP contribution in [0.25, 0.3) is 16.9 Å². The first kappa shape index (κ1) is 20.7. The molecule has 0 aliphatic heterocycles. The summed E-state index contributed by atoms with van der Waals surface area (Å²) in [6, 6.07) is 15.6. The van der Waals surface area contributed by atoms with Crippen molar-refractivity contribution < 1.29 is 14.3 Å². The molecular weight excluding hydrogens is 420 g/mol. The first-order valence-corrected chi connectivity index (χ1v) is 10.7. The Bertz CT molecular complexity index is 1280. The van der Waals surface area contributed by atoms with E-state index in [0.29, 0.717) is 28.8 Å². The molecule has 33 heavy (non-hydrogen) atoms. The van der Waals surface area contributed by atoms with Gasteiger partial charge in [-0.1, -0.05) is 18.2 Å². The third-order valence-corrected chi connectivity index (χ3v) is 5.63. The van der Waals surface area contributed by atoms with Crippen molar-refractivity contribution in [2.24, 2.45) is 0 Å². The predicted molar refractivity (Wildman–Crippen MR) is 122 cm³/mol. The van der Waals surface area contributed by atoms with E-state index in [0.717, 1.165) is 29.9 Å². The lowest BCUT2D eigenvalue weighted by molar-refractivity contribution is 0.0950. The number of methoxy groups -OCH3 is 2. The third kappa shape index (κ3) is 4.17. The van der Waals surface area contributed by atoms with Crippen LogP contribution in [0.5, 0.6) is 11.5 Å². The molecule has 0 saturated heterocycles. The number of rotatable bonds is 8. The fourth-order valence-corrected chi connectivity index (χ4v) is 3.76. The topological polar surface area (TPSA) is 96.1 Å². The van der Waals surface area contributed by atoms with E-state index in [1.165, 1.54) is 0 Å². The molecule has 1 aliphatic carbocycles. The minimum Gasteiger partial charge on any atom is -0.493 e. The van der Waals surface area contributed by atoms with Gasteiger partial charge in [-0.05, 0) is 43.2 Å². The van der Waals surface area contributed by atoms with Crippen LogP contribution in [0.4, 0.5) is 0 Å². The lowest BCUT2D eigenvalue weighted by Gasteiger charge is -2.10. The van der Waals surface area contributed by atoms with Crippen molar-refractivity contribution in [3.05, 3.63) is 72.4 Å². The number of aromatic nitrogens is 5. The van der Waals surface area contributed by atoms with Gasteiger partial charge >= 0.3 is 0 Å². The Morgan fingerprint density at radius 2 is 1.88 bits per heavy atom. The molecular formula is C24H24N6O3. The Morgan fingerprint density at radius 1 is 1.09 bits per heavy atom. The average Bonchev–Trinajstić information content (AvgIpc) is 3.42. The van der Waals surface area contributed by atoms with Crippen LogP contribution >= 0.6 is 0 Å². The monoisotopic (exact) mass is 444 g/mol. The highest BCUT2D eigenvalue weighted by atomic mass is 16.5. The van der Waals surface area contributed by atoms with Crippen LogP contribution in [0, 0.1) is 0 Å². The quantitative estimate of drug-likeness (QED) is 0.447. The number of nitrogens with zero attached hydrogens (tertiary/aromatic N) is 5. The van der Waals surface area contributed by atoms with Gasteiger partial charge in [-0.3, -0.25) is 4.79 Å². The van der Waals surface area contributed by atoms with Crippen LogP contribution in [-0.4, -0.2) is 44.7 Å². The molecule has 0 spiro atoms. The van der Waals surface area contributed by atoms with Gasteiger partial charge in [-0.25, -0.2) is 4.68 Å². The summed E-state index contributed by atoms with van der Waals surface area (Å²) in [5.74, 6) is 1.67. The van der Waals surface area contributed by atoms with E-state index < -0.39 is 0 Å². The number of amides is 1. The summed E-state index contributed by atoms with van der Waals surface area (Å²) in [5, 5.41) is 15.9. The molecule has 1 aliphatic rings. The Morgan fingerprint density at radius 3 is 2.61 bits per heavy atom. The van der Waals surface area contributed by atoms with Gasteiger partial charge in [-0.2, -0.15) is 5.10 Å². The molecule has 168 valence electrons. The first-order valence-electron chi connectivity index (χ1n) is 10.7. The van der Waals surface area contributed by atoms with E-state index >= 15 is 0 Å². The zero-order valence-electron chi connectivity index (χ0n) is 18.4. The van der Waals surface area contributed by atoms with Crippen LogP contribution in [-0.2, 0) is 6.54 Å². The fourth-order valence-electron chi connectivity index (χ4n) is 3.76. The molecule has 1 saturated carbocycles. The van der Waals surface area contributed by atoms with Crippen LogP contribution in [0.3, 0.4) is 0 Å². The number of carbonyl (C=O) groups is 1. The zero-order chi connectivity index (χ0) is 22.8. The Kier molecular flexibility index (Phi) is 5.52. The van der Waals surface area contributed by atoms with Gasteiger partial charge in [-0.15, -0.1) is 10.2 Å². The highest BCUT2D eigenvalue weighted by Gasteiger charge is 2.26. The average molecular weight is 444 g/mol. The summed E-state index contributed by atoms with van der Waals surface area (Å²) in [6.07, 6.45) is 5.70. The number of hydrogen-bond donors (Lipinski definition) is 1. The summed E-state index contributed by atoms with van der Waals surface area (Å²) in [5.41, 5.74) is 2.59. The summed E-state index contributed by atoms with van der Waals surface area (Å²) in [7, 11) is 3.16. The maximum Gasteiger partial charge on any atom is 0.255 e. The minimum absolute atomic E-state index is 0.243. The largest absolute Gasteiger partial charge is 0.493 e. The van der Waals surface area contributed by atoms with Crippen LogP contribution in [0.1, 0.15) is 35.1 Å². The van der Waals surface area contributed by atoms with Crippen molar-refractivity contribution >= 4 is 5.91 Å². The lowest BCUT2D eigenvalue weighted by atomic mass is 10.1. The van der Waals surface area contributed by atoms with Gasteiger partial charge < -0.3 is 19.4 Å². The smallest absolute Gasteiger partial charge is 0.255 e. The lowest BCUT2D eigenvalue weighted by Crippen LogP contribution is -2.25. The standard InChI is InChI=1S/C24H24N6O3/c1-32-20-11-8-16(12-21(20)33-2)23-19(14-30(28-23)18-6-4-3-5-7-18)24(31)25-13-22-27-26-15-29(22)17-9-10-17/h3-8,11-12,14-15,17H,9-10,13H2,1-2H3,(H,25,31). The molecule has 9 heteroatoms. The second kappa shape index (κ2) is 8.78. The fraction of sp³-hybridized carbons (Fsp3) is 0.250. The Labute approximate surface area is 191 Å². The molecule has 0 unspecified atom stereocenters. The van der Waals surface area contributed by atoms with Crippen molar-refractivity contribution in [3.8, 4) is 28.4 Å². The molecule has 0 bridgehead atoms. The maximum absolute atomic E-state index is 13.3. The van der Waals surface area contributed by atoms with Crippen molar-refractivity contribution in [1.82, 2.24) is 29.9 Å². The van der Waals surface area contributed by atoms with Crippen LogP contribution in [0.15, 0.2) is 61.1 Å². The maximum atomic E-state index is 13.3. The van der Waals surface area contributed by atoms with Crippen molar-refractivity contribution in [2.75, 3.05) is 14.2 Å². The summed E-state index contributed by atoms with van der Waals surface area (Å²) < 4.78 is 14.5. The van der Waals surface area contributed by atoms with Gasteiger partial charge in [0.1, 0.15) is 12.0 Å². The molecule has 1 fully saturated rings. The second-order valence-corrected chi connectivity index (χ2v) is 7.81.